The van der Waals surface area contributed by atoms with Gasteiger partial charge >= 0.3 is 0 Å². The van der Waals surface area contributed by atoms with Gasteiger partial charge in [0.25, 0.3) is 0 Å². The highest BCUT2D eigenvalue weighted by Crippen LogP contribution is 2.17. The molecule has 1 unspecified atom stereocenters. The third kappa shape index (κ3) is 3.68. The molecule has 17 heavy (non-hydrogen) atoms. The molecular weight excluding hydrogens is 214 g/mol. The van der Waals surface area contributed by atoms with E-state index in [1.54, 1.807) is 0 Å². The topological polar surface area (TPSA) is 49.6 Å². The molecule has 1 fully saturated rings. The number of carbonyl (C=O) groups excluding carboxylic acids is 1. The van der Waals surface area contributed by atoms with Gasteiger partial charge in [0.2, 0.25) is 5.91 Å². The van der Waals surface area contributed by atoms with Crippen molar-refractivity contribution in [2.45, 2.75) is 39.7 Å². The van der Waals surface area contributed by atoms with E-state index < -0.39 is 0 Å². The summed E-state index contributed by atoms with van der Waals surface area (Å²) in [5.41, 5.74) is 5.54. The van der Waals surface area contributed by atoms with Crippen molar-refractivity contribution in [1.29, 1.82) is 0 Å². The number of likely N-dealkylation sites (tertiary alicyclic amines) is 1. The minimum Gasteiger partial charge on any atom is -0.342 e. The van der Waals surface area contributed by atoms with Crippen LogP contribution in [-0.2, 0) is 4.79 Å². The monoisotopic (exact) mass is 241 g/mol. The van der Waals surface area contributed by atoms with Crippen LogP contribution in [0.15, 0.2) is 0 Å². The Morgan fingerprint density at radius 1 is 1.35 bits per heavy atom. The second-order valence-electron chi connectivity index (χ2n) is 4.91. The van der Waals surface area contributed by atoms with E-state index in [4.69, 9.17) is 5.73 Å². The molecule has 0 aromatic heterocycles. The Hall–Kier alpha value is -0.610. The zero-order valence-corrected chi connectivity index (χ0v) is 11.5. The summed E-state index contributed by atoms with van der Waals surface area (Å²) in [6.07, 6.45) is 2.20. The number of hydrogen-bond donors (Lipinski definition) is 1. The van der Waals surface area contributed by atoms with E-state index in [2.05, 4.69) is 18.7 Å². The summed E-state index contributed by atoms with van der Waals surface area (Å²) < 4.78 is 0. The van der Waals surface area contributed by atoms with E-state index in [1.807, 2.05) is 11.8 Å². The smallest absolute Gasteiger partial charge is 0.226 e. The summed E-state index contributed by atoms with van der Waals surface area (Å²) in [6.45, 7) is 10.8. The van der Waals surface area contributed by atoms with Crippen molar-refractivity contribution < 1.29 is 4.79 Å². The molecule has 1 amide bonds. The van der Waals surface area contributed by atoms with Gasteiger partial charge in [-0.15, -0.1) is 0 Å². The molecule has 1 heterocycles. The minimum absolute atomic E-state index is 0.0278. The maximum absolute atomic E-state index is 12.0. The van der Waals surface area contributed by atoms with Gasteiger partial charge in [-0.2, -0.15) is 0 Å². The number of nitrogens with zero attached hydrogens (tertiary/aromatic N) is 2. The van der Waals surface area contributed by atoms with Crippen molar-refractivity contribution >= 4 is 5.91 Å². The maximum Gasteiger partial charge on any atom is 0.226 e. The predicted molar refractivity (Wildman–Crippen MR) is 70.7 cm³/mol. The van der Waals surface area contributed by atoms with Crippen LogP contribution in [0.4, 0.5) is 0 Å². The second kappa shape index (κ2) is 6.97. The van der Waals surface area contributed by atoms with Crippen LogP contribution in [0.25, 0.3) is 0 Å². The van der Waals surface area contributed by atoms with Crippen LogP contribution >= 0.6 is 0 Å². The molecule has 1 aliphatic rings. The summed E-state index contributed by atoms with van der Waals surface area (Å²) >= 11 is 0. The van der Waals surface area contributed by atoms with Crippen LogP contribution in [0.1, 0.15) is 33.6 Å². The molecule has 2 N–H and O–H groups in total. The summed E-state index contributed by atoms with van der Waals surface area (Å²) in [7, 11) is 0. The first-order chi connectivity index (χ1) is 8.13. The molecule has 100 valence electrons. The second-order valence-corrected chi connectivity index (χ2v) is 4.91. The Morgan fingerprint density at radius 3 is 2.29 bits per heavy atom. The van der Waals surface area contributed by atoms with E-state index in [-0.39, 0.29) is 11.8 Å². The van der Waals surface area contributed by atoms with Crippen molar-refractivity contribution in [2.75, 3.05) is 32.7 Å². The average Bonchev–Trinajstić information content (AvgIpc) is 2.39. The van der Waals surface area contributed by atoms with Gasteiger partial charge in [0.15, 0.2) is 0 Å². The van der Waals surface area contributed by atoms with Crippen LogP contribution in [0.5, 0.6) is 0 Å². The minimum atomic E-state index is -0.0278. The average molecular weight is 241 g/mol. The molecule has 4 heteroatoms. The predicted octanol–water partition coefficient (Wildman–Crippen LogP) is 0.914. The van der Waals surface area contributed by atoms with Crippen molar-refractivity contribution in [2.24, 2.45) is 11.7 Å². The first kappa shape index (κ1) is 14.5. The quantitative estimate of drug-likeness (QED) is 0.778. The molecule has 0 radical (unpaired) electrons. The van der Waals surface area contributed by atoms with Gasteiger partial charge in [-0.3, -0.25) is 4.79 Å². The highest BCUT2D eigenvalue weighted by molar-refractivity contribution is 5.78. The molecule has 1 atom stereocenters. The maximum atomic E-state index is 12.0. The summed E-state index contributed by atoms with van der Waals surface area (Å²) in [4.78, 5) is 16.5. The van der Waals surface area contributed by atoms with E-state index in [1.165, 1.54) is 0 Å². The molecule has 0 saturated carbocycles. The fraction of sp³-hybridized carbons (Fsp3) is 0.923. The Balaban J connectivity index is 2.42. The molecule has 1 aliphatic heterocycles. The molecule has 0 spiro atoms. The van der Waals surface area contributed by atoms with E-state index in [0.717, 1.165) is 39.0 Å². The molecule has 0 aliphatic carbocycles. The lowest BCUT2D eigenvalue weighted by Crippen LogP contribution is -2.48. The van der Waals surface area contributed by atoms with Gasteiger partial charge in [0, 0.05) is 31.6 Å². The van der Waals surface area contributed by atoms with Gasteiger partial charge in [0.1, 0.15) is 0 Å². The van der Waals surface area contributed by atoms with Crippen LogP contribution in [-0.4, -0.2) is 54.5 Å². The Kier molecular flexibility index (Phi) is 5.92. The van der Waals surface area contributed by atoms with E-state index in [0.29, 0.717) is 12.6 Å². The summed E-state index contributed by atoms with van der Waals surface area (Å²) in [5.74, 6) is 0.200. The molecule has 0 aromatic rings. The highest BCUT2D eigenvalue weighted by Gasteiger charge is 2.27. The zero-order chi connectivity index (χ0) is 12.8. The van der Waals surface area contributed by atoms with Crippen molar-refractivity contribution in [3.8, 4) is 0 Å². The van der Waals surface area contributed by atoms with Crippen LogP contribution in [0.2, 0.25) is 0 Å². The number of carbonyl (C=O) groups is 1. The first-order valence-electron chi connectivity index (χ1n) is 6.86. The molecular formula is C13H27N3O. The van der Waals surface area contributed by atoms with Crippen LogP contribution in [0.3, 0.4) is 0 Å². The molecule has 0 bridgehead atoms. The number of amides is 1. The van der Waals surface area contributed by atoms with E-state index >= 15 is 0 Å². The first-order valence-corrected chi connectivity index (χ1v) is 6.86. The van der Waals surface area contributed by atoms with Crippen LogP contribution < -0.4 is 5.73 Å². The lowest BCUT2D eigenvalue weighted by molar-refractivity contribution is -0.136. The molecule has 1 saturated heterocycles. The summed E-state index contributed by atoms with van der Waals surface area (Å²) in [5, 5.41) is 0. The van der Waals surface area contributed by atoms with Gasteiger partial charge in [-0.1, -0.05) is 20.8 Å². The molecule has 4 nitrogen and oxygen atoms in total. The van der Waals surface area contributed by atoms with Gasteiger partial charge in [0.05, 0.1) is 0 Å². The lowest BCUT2D eigenvalue weighted by Gasteiger charge is -2.38. The van der Waals surface area contributed by atoms with Crippen molar-refractivity contribution in [1.82, 2.24) is 9.80 Å². The fourth-order valence-corrected chi connectivity index (χ4v) is 2.60. The Morgan fingerprint density at radius 2 is 1.88 bits per heavy atom. The normalized spacial score (nSPS) is 19.7. The third-order valence-corrected chi connectivity index (χ3v) is 3.88. The highest BCUT2D eigenvalue weighted by atomic mass is 16.2. The molecule has 1 rings (SSSR count). The van der Waals surface area contributed by atoms with Gasteiger partial charge < -0.3 is 15.5 Å². The van der Waals surface area contributed by atoms with Gasteiger partial charge in [-0.25, -0.2) is 0 Å². The Bertz CT molecular complexity index is 233. The standard InChI is InChI=1S/C13H27N3O/c1-4-15(5-2)12-6-8-16(9-7-12)13(17)11(3)10-14/h11-12H,4-10,14H2,1-3H3. The van der Waals surface area contributed by atoms with E-state index in [9.17, 15) is 4.79 Å². The number of piperidine rings is 1. The molecule has 0 aromatic carbocycles. The van der Waals surface area contributed by atoms with Crippen molar-refractivity contribution in [3.05, 3.63) is 0 Å². The summed E-state index contributed by atoms with van der Waals surface area (Å²) in [6, 6.07) is 0.655. The number of rotatable bonds is 5. The lowest BCUT2D eigenvalue weighted by atomic mass is 10.0. The number of nitrogens with two attached hydrogens (primary N) is 1. The number of hydrogen-bond acceptors (Lipinski definition) is 3. The largest absolute Gasteiger partial charge is 0.342 e. The Labute approximate surface area is 105 Å². The third-order valence-electron chi connectivity index (χ3n) is 3.88. The zero-order valence-electron chi connectivity index (χ0n) is 11.5. The SMILES string of the molecule is CCN(CC)C1CCN(C(=O)C(C)CN)CC1. The van der Waals surface area contributed by atoms with Gasteiger partial charge in [-0.05, 0) is 25.9 Å². The fourth-order valence-electron chi connectivity index (χ4n) is 2.60. The van der Waals surface area contributed by atoms with Crippen molar-refractivity contribution in [3.63, 3.8) is 0 Å². The van der Waals surface area contributed by atoms with Crippen LogP contribution in [0, 0.1) is 5.92 Å².